The first-order valence-corrected chi connectivity index (χ1v) is 53.4. The standard InChI is InChI=1S/4C25H36N6O4S/c4*1-5-8-20-22-23(31(4)29-20)25(32)28-24(27-22)19-16-18(10-11-21(19)35-15-6-2)36(33,34)26-13-12-17-9-7-14-30(17)3/h4*10-11,16-17,26H,5-9,12-15H2,1-4H3,(H,27,28,32)/i3D3,4D3,8D2,13D2;3D3,4D3,8D2,13D;3D3,4D3,13D2;3D3,4D3,8D2. The van der Waals surface area contributed by atoms with Crippen LogP contribution in [0.5, 0.6) is 23.0 Å². The molecule has 0 bridgehead atoms. The maximum Gasteiger partial charge on any atom is 0.277 e. The number of ether oxygens (including phenoxy) is 4. The fourth-order valence-corrected chi connectivity index (χ4v) is 20.3. The molecule has 12 aromatic rings. The zero-order valence-electron chi connectivity index (χ0n) is 116. The number of nitrogens with one attached hydrogen (secondary N) is 8. The van der Waals surface area contributed by atoms with Crippen molar-refractivity contribution in [2.75, 3.05) is 107 Å². The third-order valence-corrected chi connectivity index (χ3v) is 29.0. The van der Waals surface area contributed by atoms with E-state index in [1.807, 2.05) is 39.3 Å². The van der Waals surface area contributed by atoms with Crippen molar-refractivity contribution in [1.82, 2.24) is 117 Å². The molecule has 4 aromatic carbocycles. The van der Waals surface area contributed by atoms with E-state index >= 15 is 0 Å². The maximum atomic E-state index is 13.5. The number of nitrogens with zero attached hydrogens (tertiary/aromatic N) is 16. The minimum atomic E-state index is -4.59. The molecule has 44 heteroatoms. The second kappa shape index (κ2) is 49.9. The number of rotatable bonds is 44. The van der Waals surface area contributed by atoms with Gasteiger partial charge >= 0.3 is 0 Å². The number of H-pyrrole nitrogens is 4. The van der Waals surface area contributed by atoms with Crippen LogP contribution < -0.4 is 60.1 Å². The van der Waals surface area contributed by atoms with Crippen molar-refractivity contribution in [3.8, 4) is 68.5 Å². The number of hydrogen-bond donors (Lipinski definition) is 8. The molecule has 8 N–H and O–H groups in total. The highest BCUT2D eigenvalue weighted by Crippen LogP contribution is 2.38. The van der Waals surface area contributed by atoms with Crippen molar-refractivity contribution >= 4 is 84.2 Å². The van der Waals surface area contributed by atoms with E-state index in [0.29, 0.717) is 134 Å². The topological polar surface area (TPSA) is 489 Å². The Bertz CT molecular complexity index is 8790. The summed E-state index contributed by atoms with van der Waals surface area (Å²) in [7, 11) is -17.6. The molecular weight excluding hydrogens is 1920 g/mol. The summed E-state index contributed by atoms with van der Waals surface area (Å²) in [6.45, 7) is -11.4. The van der Waals surface area contributed by atoms with Gasteiger partial charge in [0.05, 0.1) is 91.0 Å². The number of fused-ring (bicyclic) bond motifs is 4. The molecule has 0 spiro atoms. The quantitative estimate of drug-likeness (QED) is 0.0176. The normalized spacial score (nSPS) is 21.7. The summed E-state index contributed by atoms with van der Waals surface area (Å²) in [5, 5.41) is 15.9. The van der Waals surface area contributed by atoms with Crippen LogP contribution in [0.15, 0.2) is 112 Å². The number of hydrogen-bond acceptors (Lipinski definition) is 28. The van der Waals surface area contributed by atoms with Gasteiger partial charge in [-0.15, -0.1) is 0 Å². The highest BCUT2D eigenvalue weighted by molar-refractivity contribution is 7.90. The monoisotopic (exact) mass is 2100 g/mol. The lowest BCUT2D eigenvalue weighted by atomic mass is 10.1. The van der Waals surface area contributed by atoms with Crippen LogP contribution in [0.2, 0.25) is 0 Å². The minimum absolute atomic E-state index is 0.00614. The summed E-state index contributed by atoms with van der Waals surface area (Å²) >= 11 is 0. The summed E-state index contributed by atoms with van der Waals surface area (Å²) < 4.78 is 420. The molecule has 4 aliphatic rings. The summed E-state index contributed by atoms with van der Waals surface area (Å²) in [4.78, 5) is 84.6. The van der Waals surface area contributed by atoms with Crippen LogP contribution in [0.25, 0.3) is 89.7 Å². The second-order valence-corrected chi connectivity index (χ2v) is 41.0. The van der Waals surface area contributed by atoms with Crippen molar-refractivity contribution in [3.05, 3.63) is 137 Å². The lowest BCUT2D eigenvalue weighted by Crippen LogP contribution is -2.31. The molecule has 4 saturated heterocycles. The number of aromatic nitrogens is 16. The molecule has 784 valence electrons. The van der Waals surface area contributed by atoms with Gasteiger partial charge in [-0.05, 0) is 255 Å². The zero-order chi connectivity index (χ0) is 133. The number of benzene rings is 4. The predicted octanol–water partition coefficient (Wildman–Crippen LogP) is 11.3. The lowest BCUT2D eigenvalue weighted by molar-refractivity contribution is 0.297. The highest BCUT2D eigenvalue weighted by atomic mass is 32.2. The van der Waals surface area contributed by atoms with E-state index in [9.17, 15) is 52.8 Å². The number of aromatic amines is 4. The zero-order valence-corrected chi connectivity index (χ0v) is 84.1. The molecule has 12 heterocycles. The van der Waals surface area contributed by atoms with Gasteiger partial charge in [0.25, 0.3) is 22.2 Å². The summed E-state index contributed by atoms with van der Waals surface area (Å²) in [6, 6.07) is 12.9. The van der Waals surface area contributed by atoms with Gasteiger partial charge in [-0.25, -0.2) is 72.5 Å². The van der Waals surface area contributed by atoms with Crippen molar-refractivity contribution in [1.29, 1.82) is 0 Å². The Morgan fingerprint density at radius 1 is 0.347 bits per heavy atom. The van der Waals surface area contributed by atoms with Crippen molar-refractivity contribution in [2.24, 2.45) is 27.9 Å². The lowest BCUT2D eigenvalue weighted by Gasteiger charge is -2.19. The first-order valence-electron chi connectivity index (χ1n) is 65.1. The molecule has 0 aliphatic carbocycles. The summed E-state index contributed by atoms with van der Waals surface area (Å²) in [5.41, 5.74) is -6.79. The van der Waals surface area contributed by atoms with Gasteiger partial charge in [0, 0.05) is 126 Å². The smallest absolute Gasteiger partial charge is 0.277 e. The Morgan fingerprint density at radius 3 is 0.910 bits per heavy atom. The van der Waals surface area contributed by atoms with Gasteiger partial charge in [-0.1, -0.05) is 81.1 Å². The third-order valence-electron chi connectivity index (χ3n) is 23.6. The Morgan fingerprint density at radius 2 is 0.625 bits per heavy atom. The van der Waals surface area contributed by atoms with Crippen LogP contribution in [-0.4, -0.2) is 263 Å². The van der Waals surface area contributed by atoms with Gasteiger partial charge in [-0.2, -0.15) is 20.4 Å². The Labute approximate surface area is 892 Å². The van der Waals surface area contributed by atoms with Crippen molar-refractivity contribution in [2.45, 2.75) is 253 Å². The van der Waals surface area contributed by atoms with Crippen LogP contribution in [0, 0.1) is 0 Å². The largest absolute Gasteiger partial charge is 0.493 e. The first kappa shape index (κ1) is 71.5. The Balaban J connectivity index is 0.000000194. The van der Waals surface area contributed by atoms with E-state index in [1.54, 1.807) is 6.92 Å². The summed E-state index contributed by atoms with van der Waals surface area (Å²) in [5.74, 6) is -0.112. The van der Waals surface area contributed by atoms with Gasteiger partial charge in [0.1, 0.15) is 68.4 Å². The third kappa shape index (κ3) is 26.5. The van der Waals surface area contributed by atoms with Gasteiger partial charge < -0.3 is 58.5 Å². The van der Waals surface area contributed by atoms with E-state index in [-0.39, 0.29) is 212 Å². The molecule has 0 radical (unpaired) electrons. The molecule has 8 aromatic heterocycles. The maximum absolute atomic E-state index is 13.5. The number of likely N-dealkylation sites (tertiary alicyclic amines) is 4. The molecule has 0 saturated carbocycles. The van der Waals surface area contributed by atoms with Crippen LogP contribution in [-0.2, 0) is 93.5 Å². The van der Waals surface area contributed by atoms with Crippen molar-refractivity contribution < 1.29 is 101 Å². The fourth-order valence-electron chi connectivity index (χ4n) is 16.5. The molecular formula is C100H144N24O16S4. The van der Waals surface area contributed by atoms with Crippen LogP contribution in [0.1, 0.15) is 255 Å². The van der Waals surface area contributed by atoms with Crippen molar-refractivity contribution in [3.63, 3.8) is 0 Å². The Hall–Kier alpha value is -11.0. The SMILES string of the molecule is [2H]C(CC1CCCN1C([2H])([2H])[2H])NS(=O)(=O)c1ccc(OCCC)c(-c2nc3c(C([2H])([2H])CC)nn(C([2H])([2H])[2H])c3c(=O)[nH]2)c1.[2H]C([2H])(CC)c1nn(C([2H])([2H])[2H])c2c(=O)[nH]c(-c3cc(S(=O)(=O)NCCC4CCCN4C([2H])([2H])[2H])ccc3OCCC)nc12.[2H]C([2H])(CC1CCCN1C([2H])([2H])[2H])NS(=O)(=O)c1ccc(OCCC)c(-c2nc3c(C([2H])([2H])CC)nn(C([2H])([2H])[2H])c3c(=O)[nH]2)c1.[2H]C([2H])(CC1CCCN1C([2H])([2H])[2H])NS(=O)(=O)c1ccc(OCCC)c(-c2nc3c(CCC)nn(C([2H])([2H])[2H])c3c(=O)[nH]2)c1. The molecule has 5 atom stereocenters. The molecule has 4 aliphatic heterocycles. The Kier molecular flexibility index (Phi) is 24.8. The molecule has 16 rings (SSSR count). The van der Waals surface area contributed by atoms with Crippen LogP contribution in [0.3, 0.4) is 0 Å². The number of aryl methyl sites for hydroxylation is 8. The van der Waals surface area contributed by atoms with Gasteiger partial charge in [-0.3, -0.25) is 37.9 Å². The predicted molar refractivity (Wildman–Crippen MR) is 559 cm³/mol. The molecule has 144 heavy (non-hydrogen) atoms. The molecule has 4 fully saturated rings. The van der Waals surface area contributed by atoms with E-state index < -0.39 is 203 Å². The summed E-state index contributed by atoms with van der Waals surface area (Å²) in [6.07, 6.45) is 0.334. The highest BCUT2D eigenvalue weighted by Gasteiger charge is 2.32. The molecule has 5 unspecified atom stereocenters. The van der Waals surface area contributed by atoms with E-state index in [4.69, 9.17) is 66.9 Å². The van der Waals surface area contributed by atoms with E-state index in [1.165, 1.54) is 100 Å². The van der Waals surface area contributed by atoms with E-state index in [0.717, 1.165) is 6.07 Å². The van der Waals surface area contributed by atoms with Crippen LogP contribution in [0.4, 0.5) is 0 Å². The van der Waals surface area contributed by atoms with E-state index in [2.05, 4.69) is 74.4 Å². The number of sulfonamides is 4. The fraction of sp³-hybridized carbons (Fsp3) is 0.560. The van der Waals surface area contributed by atoms with Gasteiger partial charge in [0.15, 0.2) is 22.1 Å². The average molecular weight is 2100 g/mol. The average Bonchev–Trinajstić information content (AvgIpc) is 1.58. The van der Waals surface area contributed by atoms with Gasteiger partial charge in [0.2, 0.25) is 40.1 Å². The minimum Gasteiger partial charge on any atom is -0.493 e. The molecule has 0 amide bonds. The first-order chi connectivity index (χ1) is 82.7. The van der Waals surface area contributed by atoms with Crippen LogP contribution >= 0.6 is 0 Å². The second-order valence-electron chi connectivity index (χ2n) is 34.1. The molecule has 40 nitrogen and oxygen atoms in total.